The number of carbonyl (C=O) groups is 1. The largest absolute Gasteiger partial charge is 0.462 e. The van der Waals surface area contributed by atoms with E-state index in [0.717, 1.165) is 29.0 Å². The number of esters is 1. The van der Waals surface area contributed by atoms with Gasteiger partial charge in [-0.05, 0) is 49.7 Å². The molecule has 0 unspecified atom stereocenters. The van der Waals surface area contributed by atoms with Crippen LogP contribution in [0.2, 0.25) is 0 Å². The Labute approximate surface area is 156 Å². The number of aromatic nitrogens is 4. The molecule has 0 amide bonds. The molecule has 136 valence electrons. The standard InChI is InChI=1S/C20H19N5O2/c1-3-12-27-20(26)14-8-10-15(11-9-14)21-18-19-24-23-13(2)25(19)17-7-5-4-6-16(17)22-18/h4-11H,3,12H2,1-2H3,(H,21,22). The van der Waals surface area contributed by atoms with E-state index in [-0.39, 0.29) is 5.97 Å². The number of ether oxygens (including phenoxy) is 1. The number of rotatable bonds is 5. The van der Waals surface area contributed by atoms with Crippen LogP contribution < -0.4 is 5.32 Å². The highest BCUT2D eigenvalue weighted by atomic mass is 16.5. The normalized spacial score (nSPS) is 11.0. The Kier molecular flexibility index (Phi) is 4.42. The number of nitrogens with one attached hydrogen (secondary N) is 1. The van der Waals surface area contributed by atoms with Crippen molar-refractivity contribution in [2.45, 2.75) is 20.3 Å². The zero-order valence-electron chi connectivity index (χ0n) is 15.1. The third kappa shape index (κ3) is 3.19. The maximum absolute atomic E-state index is 11.9. The van der Waals surface area contributed by atoms with Gasteiger partial charge in [0.15, 0.2) is 5.82 Å². The summed E-state index contributed by atoms with van der Waals surface area (Å²) in [6.45, 7) is 4.29. The second kappa shape index (κ2) is 7.03. The first-order chi connectivity index (χ1) is 13.2. The molecule has 0 atom stereocenters. The molecule has 2 aromatic carbocycles. The summed E-state index contributed by atoms with van der Waals surface area (Å²) < 4.78 is 7.12. The molecule has 0 aliphatic heterocycles. The van der Waals surface area contributed by atoms with Gasteiger partial charge < -0.3 is 10.1 Å². The monoisotopic (exact) mass is 361 g/mol. The zero-order chi connectivity index (χ0) is 18.8. The Morgan fingerprint density at radius 1 is 1.11 bits per heavy atom. The van der Waals surface area contributed by atoms with Gasteiger partial charge in [0.1, 0.15) is 5.82 Å². The van der Waals surface area contributed by atoms with Crippen LogP contribution in [0.25, 0.3) is 16.7 Å². The van der Waals surface area contributed by atoms with Gasteiger partial charge in [0, 0.05) is 5.69 Å². The highest BCUT2D eigenvalue weighted by Crippen LogP contribution is 2.24. The molecular formula is C20H19N5O2. The maximum atomic E-state index is 11.9. The molecule has 2 heterocycles. The van der Waals surface area contributed by atoms with Crippen molar-refractivity contribution in [2.24, 2.45) is 0 Å². The van der Waals surface area contributed by atoms with Crippen LogP contribution in [0.4, 0.5) is 11.5 Å². The molecule has 0 aliphatic carbocycles. The van der Waals surface area contributed by atoms with Crippen molar-refractivity contribution in [1.82, 2.24) is 19.6 Å². The molecule has 1 N–H and O–H groups in total. The van der Waals surface area contributed by atoms with Gasteiger partial charge in [-0.3, -0.25) is 4.40 Å². The van der Waals surface area contributed by atoms with E-state index in [1.807, 2.05) is 54.6 Å². The van der Waals surface area contributed by atoms with Gasteiger partial charge in [0.05, 0.1) is 23.2 Å². The lowest BCUT2D eigenvalue weighted by Gasteiger charge is -2.10. The minimum atomic E-state index is -0.317. The Morgan fingerprint density at radius 2 is 1.89 bits per heavy atom. The minimum absolute atomic E-state index is 0.317. The lowest BCUT2D eigenvalue weighted by atomic mass is 10.2. The van der Waals surface area contributed by atoms with Gasteiger partial charge in [0.2, 0.25) is 5.65 Å². The molecule has 0 aliphatic rings. The average molecular weight is 361 g/mol. The van der Waals surface area contributed by atoms with Gasteiger partial charge >= 0.3 is 5.97 Å². The average Bonchev–Trinajstić information content (AvgIpc) is 3.09. The number of para-hydroxylation sites is 2. The van der Waals surface area contributed by atoms with Crippen molar-refractivity contribution in [3.05, 3.63) is 59.9 Å². The van der Waals surface area contributed by atoms with E-state index in [1.165, 1.54) is 0 Å². The van der Waals surface area contributed by atoms with Crippen molar-refractivity contribution in [1.29, 1.82) is 0 Å². The summed E-state index contributed by atoms with van der Waals surface area (Å²) in [7, 11) is 0. The number of hydrogen-bond donors (Lipinski definition) is 1. The molecule has 4 aromatic rings. The predicted octanol–water partition coefficient (Wildman–Crippen LogP) is 3.90. The highest BCUT2D eigenvalue weighted by Gasteiger charge is 2.13. The molecule has 0 spiro atoms. The fraction of sp³-hybridized carbons (Fsp3) is 0.200. The van der Waals surface area contributed by atoms with Gasteiger partial charge in [-0.25, -0.2) is 9.78 Å². The third-order valence-electron chi connectivity index (χ3n) is 4.21. The summed E-state index contributed by atoms with van der Waals surface area (Å²) in [5.41, 5.74) is 3.76. The first-order valence-corrected chi connectivity index (χ1v) is 8.82. The summed E-state index contributed by atoms with van der Waals surface area (Å²) >= 11 is 0. The Bertz CT molecular complexity index is 1120. The van der Waals surface area contributed by atoms with Crippen LogP contribution in [0.3, 0.4) is 0 Å². The number of carbonyl (C=O) groups excluding carboxylic acids is 1. The van der Waals surface area contributed by atoms with E-state index in [2.05, 4.69) is 20.5 Å². The van der Waals surface area contributed by atoms with Crippen molar-refractivity contribution >= 4 is 34.2 Å². The molecular weight excluding hydrogens is 342 g/mol. The predicted molar refractivity (Wildman–Crippen MR) is 103 cm³/mol. The van der Waals surface area contributed by atoms with Crippen LogP contribution in [-0.2, 0) is 4.74 Å². The molecule has 0 saturated carbocycles. The second-order valence-electron chi connectivity index (χ2n) is 6.19. The molecule has 7 heteroatoms. The second-order valence-corrected chi connectivity index (χ2v) is 6.19. The first kappa shape index (κ1) is 17.0. The Hall–Kier alpha value is -3.48. The van der Waals surface area contributed by atoms with Crippen molar-refractivity contribution in [3.8, 4) is 0 Å². The van der Waals surface area contributed by atoms with Crippen molar-refractivity contribution < 1.29 is 9.53 Å². The summed E-state index contributed by atoms with van der Waals surface area (Å²) in [5, 5.41) is 11.7. The van der Waals surface area contributed by atoms with Crippen molar-refractivity contribution in [3.63, 3.8) is 0 Å². The fourth-order valence-electron chi connectivity index (χ4n) is 2.91. The molecule has 0 saturated heterocycles. The lowest BCUT2D eigenvalue weighted by Crippen LogP contribution is -2.06. The highest BCUT2D eigenvalue weighted by molar-refractivity contribution is 5.90. The van der Waals surface area contributed by atoms with Crippen LogP contribution in [0.1, 0.15) is 29.5 Å². The smallest absolute Gasteiger partial charge is 0.338 e. The topological polar surface area (TPSA) is 81.4 Å². The molecule has 27 heavy (non-hydrogen) atoms. The number of fused-ring (bicyclic) bond motifs is 3. The summed E-state index contributed by atoms with van der Waals surface area (Å²) in [5.74, 6) is 1.08. The molecule has 0 radical (unpaired) electrons. The molecule has 7 nitrogen and oxygen atoms in total. The SMILES string of the molecule is CCCOC(=O)c1ccc(Nc2nc3ccccc3n3c(C)nnc23)cc1. The van der Waals surface area contributed by atoms with Gasteiger partial charge in [-0.15, -0.1) is 10.2 Å². The molecule has 2 aromatic heterocycles. The lowest BCUT2D eigenvalue weighted by molar-refractivity contribution is 0.0505. The number of benzene rings is 2. The van der Waals surface area contributed by atoms with E-state index >= 15 is 0 Å². The van der Waals surface area contributed by atoms with Crippen LogP contribution >= 0.6 is 0 Å². The quantitative estimate of drug-likeness (QED) is 0.543. The maximum Gasteiger partial charge on any atom is 0.338 e. The van der Waals surface area contributed by atoms with E-state index in [4.69, 9.17) is 4.74 Å². The van der Waals surface area contributed by atoms with Gasteiger partial charge in [-0.2, -0.15) is 0 Å². The summed E-state index contributed by atoms with van der Waals surface area (Å²) in [6.07, 6.45) is 0.798. The van der Waals surface area contributed by atoms with Crippen molar-refractivity contribution in [2.75, 3.05) is 11.9 Å². The van der Waals surface area contributed by atoms with Crippen LogP contribution in [0, 0.1) is 6.92 Å². The summed E-state index contributed by atoms with van der Waals surface area (Å²) in [6, 6.07) is 15.0. The zero-order valence-corrected chi connectivity index (χ0v) is 15.1. The number of aryl methyl sites for hydroxylation is 1. The van der Waals surface area contributed by atoms with Crippen LogP contribution in [0.5, 0.6) is 0 Å². The number of anilines is 2. The number of hydrogen-bond acceptors (Lipinski definition) is 6. The number of nitrogens with zero attached hydrogens (tertiary/aromatic N) is 4. The van der Waals surface area contributed by atoms with E-state index in [9.17, 15) is 4.79 Å². The van der Waals surface area contributed by atoms with Crippen LogP contribution in [0.15, 0.2) is 48.5 Å². The Morgan fingerprint density at radius 3 is 2.67 bits per heavy atom. The summed E-state index contributed by atoms with van der Waals surface area (Å²) in [4.78, 5) is 16.6. The van der Waals surface area contributed by atoms with Crippen LogP contribution in [-0.4, -0.2) is 32.2 Å². The van der Waals surface area contributed by atoms with Gasteiger partial charge in [-0.1, -0.05) is 19.1 Å². The third-order valence-corrected chi connectivity index (χ3v) is 4.21. The van der Waals surface area contributed by atoms with E-state index in [0.29, 0.717) is 23.6 Å². The minimum Gasteiger partial charge on any atom is -0.462 e. The fourth-order valence-corrected chi connectivity index (χ4v) is 2.91. The Balaban J connectivity index is 1.68. The van der Waals surface area contributed by atoms with E-state index in [1.54, 1.807) is 12.1 Å². The molecule has 0 fully saturated rings. The first-order valence-electron chi connectivity index (χ1n) is 8.82. The van der Waals surface area contributed by atoms with E-state index < -0.39 is 0 Å². The van der Waals surface area contributed by atoms with Gasteiger partial charge in [0.25, 0.3) is 0 Å². The molecule has 0 bridgehead atoms. The molecule has 4 rings (SSSR count).